The molecule has 1 N–H and O–H groups in total. The van der Waals surface area contributed by atoms with E-state index in [1.54, 1.807) is 29.2 Å². The maximum atomic E-state index is 12.9. The van der Waals surface area contributed by atoms with Crippen molar-refractivity contribution in [1.82, 2.24) is 4.90 Å². The maximum absolute atomic E-state index is 12.9. The van der Waals surface area contributed by atoms with Gasteiger partial charge in [0.05, 0.1) is 41.6 Å². The van der Waals surface area contributed by atoms with E-state index in [2.05, 4.69) is 5.32 Å². The van der Waals surface area contributed by atoms with Gasteiger partial charge in [-0.25, -0.2) is 9.59 Å². The summed E-state index contributed by atoms with van der Waals surface area (Å²) in [5.74, 6) is -2.08. The van der Waals surface area contributed by atoms with Gasteiger partial charge in [0.25, 0.3) is 5.91 Å². The first-order chi connectivity index (χ1) is 15.3. The highest BCUT2D eigenvalue weighted by Crippen LogP contribution is 2.25. The van der Waals surface area contributed by atoms with Crippen LogP contribution in [0.2, 0.25) is 5.02 Å². The van der Waals surface area contributed by atoms with Gasteiger partial charge >= 0.3 is 11.9 Å². The quantitative estimate of drug-likeness (QED) is 0.689. The van der Waals surface area contributed by atoms with Crippen LogP contribution in [0.15, 0.2) is 42.5 Å². The van der Waals surface area contributed by atoms with Crippen molar-refractivity contribution >= 4 is 41.0 Å². The number of rotatable bonds is 5. The number of carbonyl (C=O) groups is 4. The average molecular weight is 459 g/mol. The second-order valence-corrected chi connectivity index (χ2v) is 7.69. The van der Waals surface area contributed by atoms with E-state index in [0.29, 0.717) is 36.5 Å². The molecule has 168 valence electrons. The Morgan fingerprint density at radius 3 is 2.22 bits per heavy atom. The minimum absolute atomic E-state index is 0.125. The SMILES string of the molecule is COC(=O)c1ccc(C(=O)OC)c(NC(=O)C2CCN(C(=O)c3ccccc3Cl)CC2)c1. The van der Waals surface area contributed by atoms with Crippen molar-refractivity contribution in [3.63, 3.8) is 0 Å². The van der Waals surface area contributed by atoms with Crippen molar-refractivity contribution in [2.75, 3.05) is 32.6 Å². The maximum Gasteiger partial charge on any atom is 0.339 e. The highest BCUT2D eigenvalue weighted by molar-refractivity contribution is 6.33. The van der Waals surface area contributed by atoms with Crippen LogP contribution in [0.3, 0.4) is 0 Å². The minimum Gasteiger partial charge on any atom is -0.465 e. The number of likely N-dealkylation sites (tertiary alicyclic amines) is 1. The number of halogens is 1. The fraction of sp³-hybridized carbons (Fsp3) is 0.304. The van der Waals surface area contributed by atoms with Gasteiger partial charge in [0, 0.05) is 19.0 Å². The van der Waals surface area contributed by atoms with E-state index in [1.807, 2.05) is 0 Å². The Morgan fingerprint density at radius 2 is 1.59 bits per heavy atom. The van der Waals surface area contributed by atoms with Gasteiger partial charge in [0.2, 0.25) is 5.91 Å². The van der Waals surface area contributed by atoms with Crippen molar-refractivity contribution in [3.8, 4) is 0 Å². The fourth-order valence-electron chi connectivity index (χ4n) is 3.57. The summed E-state index contributed by atoms with van der Waals surface area (Å²) < 4.78 is 9.47. The van der Waals surface area contributed by atoms with Gasteiger partial charge < -0.3 is 19.7 Å². The Hall–Kier alpha value is -3.39. The van der Waals surface area contributed by atoms with Crippen LogP contribution in [0.25, 0.3) is 0 Å². The number of carbonyl (C=O) groups excluding carboxylic acids is 4. The zero-order valence-corrected chi connectivity index (χ0v) is 18.5. The second kappa shape index (κ2) is 10.3. The van der Waals surface area contributed by atoms with E-state index in [1.165, 1.54) is 32.4 Å². The number of piperidine rings is 1. The molecule has 1 fully saturated rings. The fourth-order valence-corrected chi connectivity index (χ4v) is 3.78. The predicted molar refractivity (Wildman–Crippen MR) is 118 cm³/mol. The number of nitrogens with one attached hydrogen (secondary N) is 1. The smallest absolute Gasteiger partial charge is 0.339 e. The van der Waals surface area contributed by atoms with Gasteiger partial charge in [0.15, 0.2) is 0 Å². The first-order valence-electron chi connectivity index (χ1n) is 10.0. The monoisotopic (exact) mass is 458 g/mol. The van der Waals surface area contributed by atoms with Crippen LogP contribution in [0.1, 0.15) is 43.9 Å². The molecule has 0 aromatic heterocycles. The van der Waals surface area contributed by atoms with Crippen LogP contribution >= 0.6 is 11.6 Å². The number of methoxy groups -OCH3 is 2. The summed E-state index contributed by atoms with van der Waals surface area (Å²) in [6, 6.07) is 11.0. The summed E-state index contributed by atoms with van der Waals surface area (Å²) in [4.78, 5) is 51.2. The average Bonchev–Trinajstić information content (AvgIpc) is 2.83. The van der Waals surface area contributed by atoms with Crippen molar-refractivity contribution in [2.24, 2.45) is 5.92 Å². The van der Waals surface area contributed by atoms with Crippen LogP contribution in [-0.2, 0) is 14.3 Å². The van der Waals surface area contributed by atoms with E-state index in [4.69, 9.17) is 21.1 Å². The molecule has 0 saturated carbocycles. The van der Waals surface area contributed by atoms with Gasteiger partial charge in [-0.2, -0.15) is 0 Å². The predicted octanol–water partition coefficient (Wildman–Crippen LogP) is 3.40. The molecule has 2 amide bonds. The molecular formula is C23H23ClN2O6. The van der Waals surface area contributed by atoms with Crippen LogP contribution in [0.4, 0.5) is 5.69 Å². The lowest BCUT2D eigenvalue weighted by Gasteiger charge is -2.31. The number of amides is 2. The van der Waals surface area contributed by atoms with E-state index in [9.17, 15) is 19.2 Å². The number of ether oxygens (including phenoxy) is 2. The third-order valence-corrected chi connectivity index (χ3v) is 5.69. The lowest BCUT2D eigenvalue weighted by Crippen LogP contribution is -2.41. The van der Waals surface area contributed by atoms with Gasteiger partial charge in [-0.05, 0) is 43.2 Å². The van der Waals surface area contributed by atoms with Crippen molar-refractivity contribution < 1.29 is 28.7 Å². The Kier molecular flexibility index (Phi) is 7.48. The first kappa shape index (κ1) is 23.3. The van der Waals surface area contributed by atoms with Gasteiger partial charge in [-0.3, -0.25) is 9.59 Å². The Bertz CT molecular complexity index is 1050. The van der Waals surface area contributed by atoms with Crippen LogP contribution in [-0.4, -0.2) is 56.0 Å². The molecule has 32 heavy (non-hydrogen) atoms. The highest BCUT2D eigenvalue weighted by Gasteiger charge is 2.29. The normalized spacial score (nSPS) is 13.9. The number of anilines is 1. The van der Waals surface area contributed by atoms with Gasteiger partial charge in [0.1, 0.15) is 0 Å². The lowest BCUT2D eigenvalue weighted by atomic mass is 9.95. The number of hydrogen-bond donors (Lipinski definition) is 1. The largest absolute Gasteiger partial charge is 0.465 e. The Balaban J connectivity index is 1.69. The molecule has 0 bridgehead atoms. The van der Waals surface area contributed by atoms with Crippen LogP contribution < -0.4 is 5.32 Å². The zero-order chi connectivity index (χ0) is 23.3. The zero-order valence-electron chi connectivity index (χ0n) is 17.7. The van der Waals surface area contributed by atoms with E-state index >= 15 is 0 Å². The van der Waals surface area contributed by atoms with E-state index in [-0.39, 0.29) is 34.5 Å². The van der Waals surface area contributed by atoms with Gasteiger partial charge in [-0.1, -0.05) is 23.7 Å². The highest BCUT2D eigenvalue weighted by atomic mass is 35.5. The molecule has 3 rings (SSSR count). The molecule has 1 saturated heterocycles. The molecule has 0 radical (unpaired) electrons. The number of hydrogen-bond acceptors (Lipinski definition) is 6. The summed E-state index contributed by atoms with van der Waals surface area (Å²) >= 11 is 6.12. The molecule has 0 spiro atoms. The molecule has 1 aliphatic rings. The molecule has 2 aromatic carbocycles. The number of benzene rings is 2. The topological polar surface area (TPSA) is 102 Å². The summed E-state index contributed by atoms with van der Waals surface area (Å²) in [6.45, 7) is 0.794. The van der Waals surface area contributed by atoms with E-state index in [0.717, 1.165) is 0 Å². The number of esters is 2. The molecule has 8 nitrogen and oxygen atoms in total. The Labute approximate surface area is 190 Å². The lowest BCUT2D eigenvalue weighted by molar-refractivity contribution is -0.121. The molecule has 1 heterocycles. The summed E-state index contributed by atoms with van der Waals surface area (Å²) in [5, 5.41) is 3.11. The summed E-state index contributed by atoms with van der Waals surface area (Å²) in [7, 11) is 2.47. The third kappa shape index (κ3) is 5.08. The van der Waals surface area contributed by atoms with Gasteiger partial charge in [-0.15, -0.1) is 0 Å². The van der Waals surface area contributed by atoms with Crippen molar-refractivity contribution in [2.45, 2.75) is 12.8 Å². The van der Waals surface area contributed by atoms with Crippen molar-refractivity contribution in [3.05, 3.63) is 64.2 Å². The third-order valence-electron chi connectivity index (χ3n) is 5.36. The van der Waals surface area contributed by atoms with Crippen molar-refractivity contribution in [1.29, 1.82) is 0 Å². The molecule has 2 aromatic rings. The second-order valence-electron chi connectivity index (χ2n) is 7.28. The molecule has 9 heteroatoms. The minimum atomic E-state index is -0.642. The van der Waals surface area contributed by atoms with Crippen LogP contribution in [0, 0.1) is 5.92 Å². The first-order valence-corrected chi connectivity index (χ1v) is 10.4. The summed E-state index contributed by atoms with van der Waals surface area (Å²) in [5.41, 5.74) is 0.911. The van der Waals surface area contributed by atoms with Crippen LogP contribution in [0.5, 0.6) is 0 Å². The molecule has 0 unspecified atom stereocenters. The molecule has 0 atom stereocenters. The standard InChI is InChI=1S/C23H23ClN2O6/c1-31-22(29)15-7-8-17(23(30)32-2)19(13-15)25-20(27)14-9-11-26(12-10-14)21(28)16-5-3-4-6-18(16)24/h3-8,13-14H,9-12H2,1-2H3,(H,25,27). The molecular weight excluding hydrogens is 436 g/mol. The molecule has 0 aliphatic carbocycles. The van der Waals surface area contributed by atoms with E-state index < -0.39 is 11.9 Å². The number of nitrogens with zero attached hydrogens (tertiary/aromatic N) is 1. The Morgan fingerprint density at radius 1 is 0.938 bits per heavy atom. The summed E-state index contributed by atoms with van der Waals surface area (Å²) in [6.07, 6.45) is 0.901. The molecule has 1 aliphatic heterocycles.